The summed E-state index contributed by atoms with van der Waals surface area (Å²) < 4.78 is 22.6. The molecule has 0 saturated heterocycles. The first-order valence-electron chi connectivity index (χ1n) is 7.01. The van der Waals surface area contributed by atoms with Gasteiger partial charge in [-0.15, -0.1) is 0 Å². The highest BCUT2D eigenvalue weighted by atomic mass is 35.5. The van der Waals surface area contributed by atoms with E-state index in [-0.39, 0.29) is 16.1 Å². The van der Waals surface area contributed by atoms with Crippen molar-refractivity contribution in [2.24, 2.45) is 0 Å². The summed E-state index contributed by atoms with van der Waals surface area (Å²) in [5.74, 6) is -2.41. The number of amides is 2. The summed E-state index contributed by atoms with van der Waals surface area (Å²) in [7, 11) is 1.49. The summed E-state index contributed by atoms with van der Waals surface area (Å²) in [6, 6.07) is 9.21. The van der Waals surface area contributed by atoms with Crippen molar-refractivity contribution in [2.45, 2.75) is 0 Å². The number of nitrogens with one attached hydrogen (secondary N) is 1. The molecule has 2 aromatic rings. The second-order valence-electron chi connectivity index (χ2n) is 4.81. The van der Waals surface area contributed by atoms with Crippen molar-refractivity contribution in [3.05, 3.63) is 64.4 Å². The smallest absolute Gasteiger partial charge is 0.340 e. The third-order valence-electron chi connectivity index (χ3n) is 3.09. The van der Waals surface area contributed by atoms with Crippen molar-refractivity contribution in [2.75, 3.05) is 13.7 Å². The monoisotopic (exact) mass is 365 g/mol. The fourth-order valence-corrected chi connectivity index (χ4v) is 2.09. The molecular weight excluding hydrogens is 353 g/mol. The number of hydrogen-bond acceptors (Lipinski definition) is 5. The Kier molecular flexibility index (Phi) is 6.08. The van der Waals surface area contributed by atoms with Crippen molar-refractivity contribution in [3.8, 4) is 5.75 Å². The van der Waals surface area contributed by atoms with Crippen LogP contribution < -0.4 is 10.1 Å². The Hall–Kier alpha value is -2.93. The number of carbonyl (C=O) groups excluding carboxylic acids is 3. The molecular formula is C17H13ClFNO5. The van der Waals surface area contributed by atoms with E-state index in [1.807, 2.05) is 0 Å². The normalized spacial score (nSPS) is 10.0. The van der Waals surface area contributed by atoms with E-state index in [2.05, 4.69) is 5.32 Å². The Morgan fingerprint density at radius 3 is 2.40 bits per heavy atom. The lowest BCUT2D eigenvalue weighted by Crippen LogP contribution is -2.34. The molecule has 0 heterocycles. The Balaban J connectivity index is 1.89. The van der Waals surface area contributed by atoms with Gasteiger partial charge in [0.2, 0.25) is 0 Å². The molecule has 0 unspecified atom stereocenters. The molecule has 0 aliphatic carbocycles. The van der Waals surface area contributed by atoms with Crippen LogP contribution in [0.25, 0.3) is 0 Å². The maximum absolute atomic E-state index is 12.9. The number of halogens is 2. The van der Waals surface area contributed by atoms with E-state index in [1.54, 1.807) is 12.1 Å². The third kappa shape index (κ3) is 5.02. The van der Waals surface area contributed by atoms with Crippen LogP contribution in [0.15, 0.2) is 42.5 Å². The van der Waals surface area contributed by atoms with Crippen molar-refractivity contribution < 1.29 is 28.2 Å². The molecule has 25 heavy (non-hydrogen) atoms. The molecule has 0 radical (unpaired) electrons. The van der Waals surface area contributed by atoms with E-state index >= 15 is 0 Å². The highest BCUT2D eigenvalue weighted by molar-refractivity contribution is 6.33. The standard InChI is InChI=1S/C17H13ClFNO5/c1-24-12-5-2-10(3-6-12)16(22)20-15(21)9-25-17(23)13-7-4-11(19)8-14(13)18/h2-8H,9H2,1H3,(H,20,21,22). The fraction of sp³-hybridized carbons (Fsp3) is 0.118. The van der Waals surface area contributed by atoms with Crippen molar-refractivity contribution in [1.82, 2.24) is 5.32 Å². The van der Waals surface area contributed by atoms with E-state index < -0.39 is 30.2 Å². The van der Waals surface area contributed by atoms with E-state index in [0.717, 1.165) is 18.2 Å². The molecule has 0 spiro atoms. The Morgan fingerprint density at radius 1 is 1.12 bits per heavy atom. The van der Waals surface area contributed by atoms with Crippen LogP contribution in [0.4, 0.5) is 4.39 Å². The van der Waals surface area contributed by atoms with E-state index in [4.69, 9.17) is 21.1 Å². The van der Waals surface area contributed by atoms with Gasteiger partial charge in [-0.2, -0.15) is 0 Å². The maximum Gasteiger partial charge on any atom is 0.340 e. The predicted octanol–water partition coefficient (Wildman–Crippen LogP) is 2.60. The number of esters is 1. The number of carbonyl (C=O) groups is 3. The summed E-state index contributed by atoms with van der Waals surface area (Å²) in [5.41, 5.74) is 0.152. The molecule has 0 saturated carbocycles. The van der Waals surface area contributed by atoms with Gasteiger partial charge in [-0.1, -0.05) is 11.6 Å². The van der Waals surface area contributed by atoms with Crippen LogP contribution in [0.3, 0.4) is 0 Å². The summed E-state index contributed by atoms with van der Waals surface area (Å²) in [4.78, 5) is 35.4. The zero-order valence-electron chi connectivity index (χ0n) is 13.0. The molecule has 6 nitrogen and oxygen atoms in total. The molecule has 2 rings (SSSR count). The number of rotatable bonds is 5. The summed E-state index contributed by atoms with van der Waals surface area (Å²) in [5, 5.41) is 1.94. The highest BCUT2D eigenvalue weighted by Gasteiger charge is 2.16. The lowest BCUT2D eigenvalue weighted by Gasteiger charge is -2.07. The lowest BCUT2D eigenvalue weighted by atomic mass is 10.2. The quantitative estimate of drug-likeness (QED) is 0.824. The van der Waals surface area contributed by atoms with Crippen LogP contribution in [0.1, 0.15) is 20.7 Å². The van der Waals surface area contributed by atoms with Crippen LogP contribution in [-0.4, -0.2) is 31.5 Å². The zero-order valence-corrected chi connectivity index (χ0v) is 13.8. The second kappa shape index (κ2) is 8.25. The molecule has 2 amide bonds. The minimum absolute atomic E-state index is 0.0858. The average Bonchev–Trinajstić information content (AvgIpc) is 2.59. The predicted molar refractivity (Wildman–Crippen MR) is 87.2 cm³/mol. The number of hydrogen-bond donors (Lipinski definition) is 1. The number of methoxy groups -OCH3 is 1. The first-order valence-corrected chi connectivity index (χ1v) is 7.39. The van der Waals surface area contributed by atoms with Gasteiger partial charge in [-0.3, -0.25) is 14.9 Å². The van der Waals surface area contributed by atoms with E-state index in [9.17, 15) is 18.8 Å². The van der Waals surface area contributed by atoms with E-state index in [1.165, 1.54) is 19.2 Å². The molecule has 0 atom stereocenters. The number of imide groups is 1. The SMILES string of the molecule is COc1ccc(C(=O)NC(=O)COC(=O)c2ccc(F)cc2Cl)cc1. The van der Waals surface area contributed by atoms with E-state index in [0.29, 0.717) is 5.75 Å². The zero-order chi connectivity index (χ0) is 18.4. The Bertz CT molecular complexity index is 807. The average molecular weight is 366 g/mol. The molecule has 130 valence electrons. The van der Waals surface area contributed by atoms with Crippen molar-refractivity contribution in [1.29, 1.82) is 0 Å². The molecule has 0 aliphatic heterocycles. The minimum Gasteiger partial charge on any atom is -0.497 e. The summed E-state index contributed by atoms with van der Waals surface area (Å²) in [6.45, 7) is -0.686. The summed E-state index contributed by atoms with van der Waals surface area (Å²) >= 11 is 5.72. The Morgan fingerprint density at radius 2 is 1.80 bits per heavy atom. The van der Waals surface area contributed by atoms with Gasteiger partial charge in [0, 0.05) is 5.56 Å². The summed E-state index contributed by atoms with van der Waals surface area (Å²) in [6.07, 6.45) is 0. The molecule has 1 N–H and O–H groups in total. The van der Waals surface area contributed by atoms with Crippen molar-refractivity contribution in [3.63, 3.8) is 0 Å². The fourth-order valence-electron chi connectivity index (χ4n) is 1.84. The molecule has 0 bridgehead atoms. The first kappa shape index (κ1) is 18.4. The lowest BCUT2D eigenvalue weighted by molar-refractivity contribution is -0.123. The van der Waals surface area contributed by atoms with Gasteiger partial charge in [0.1, 0.15) is 11.6 Å². The minimum atomic E-state index is -0.906. The maximum atomic E-state index is 12.9. The van der Waals surface area contributed by atoms with Gasteiger partial charge in [0.15, 0.2) is 6.61 Å². The van der Waals surface area contributed by atoms with Gasteiger partial charge in [0.25, 0.3) is 11.8 Å². The first-order chi connectivity index (χ1) is 11.9. The molecule has 8 heteroatoms. The molecule has 0 fully saturated rings. The van der Waals surface area contributed by atoms with Gasteiger partial charge >= 0.3 is 5.97 Å². The van der Waals surface area contributed by atoms with Crippen molar-refractivity contribution >= 4 is 29.4 Å². The van der Waals surface area contributed by atoms with Crippen LogP contribution in [0.5, 0.6) is 5.75 Å². The number of benzene rings is 2. The van der Waals surface area contributed by atoms with Gasteiger partial charge in [-0.25, -0.2) is 9.18 Å². The van der Waals surface area contributed by atoms with Crippen LogP contribution >= 0.6 is 11.6 Å². The largest absolute Gasteiger partial charge is 0.497 e. The molecule has 0 aromatic heterocycles. The Labute approximate surface area is 147 Å². The van der Waals surface area contributed by atoms with Crippen LogP contribution in [0.2, 0.25) is 5.02 Å². The van der Waals surface area contributed by atoms with Crippen LogP contribution in [0, 0.1) is 5.82 Å². The topological polar surface area (TPSA) is 81.7 Å². The molecule has 0 aliphatic rings. The van der Waals surface area contributed by atoms with Gasteiger partial charge in [0.05, 0.1) is 17.7 Å². The molecule has 2 aromatic carbocycles. The third-order valence-corrected chi connectivity index (χ3v) is 3.40. The second-order valence-corrected chi connectivity index (χ2v) is 5.21. The van der Waals surface area contributed by atoms with Gasteiger partial charge < -0.3 is 9.47 Å². The number of ether oxygens (including phenoxy) is 2. The van der Waals surface area contributed by atoms with Crippen LogP contribution in [-0.2, 0) is 9.53 Å². The van der Waals surface area contributed by atoms with Gasteiger partial charge in [-0.05, 0) is 42.5 Å². The highest BCUT2D eigenvalue weighted by Crippen LogP contribution is 2.18.